The fourth-order valence-electron chi connectivity index (χ4n) is 1.58. The van der Waals surface area contributed by atoms with Crippen LogP contribution in [-0.2, 0) is 14.3 Å². The molecule has 1 unspecified atom stereocenters. The molecule has 0 radical (unpaired) electrons. The van der Waals surface area contributed by atoms with Gasteiger partial charge in [0.05, 0.1) is 6.61 Å². The minimum atomic E-state index is -0.532. The van der Waals surface area contributed by atoms with Crippen LogP contribution < -0.4 is 5.32 Å². The Morgan fingerprint density at radius 1 is 1.29 bits per heavy atom. The molecule has 0 saturated heterocycles. The molecule has 1 fully saturated rings. The number of rotatable bonds is 6. The van der Waals surface area contributed by atoms with E-state index < -0.39 is 6.04 Å². The Kier molecular flexibility index (Phi) is 5.45. The van der Waals surface area contributed by atoms with Crippen molar-refractivity contribution in [2.24, 2.45) is 11.8 Å². The summed E-state index contributed by atoms with van der Waals surface area (Å²) in [5.41, 5.74) is 0. The van der Waals surface area contributed by atoms with Crippen molar-refractivity contribution in [3.63, 3.8) is 0 Å². The van der Waals surface area contributed by atoms with Crippen molar-refractivity contribution in [3.8, 4) is 0 Å². The molecule has 0 aromatic heterocycles. The first-order valence-electron chi connectivity index (χ1n) is 6.47. The Hall–Kier alpha value is -1.06. The van der Waals surface area contributed by atoms with E-state index in [0.29, 0.717) is 12.5 Å². The van der Waals surface area contributed by atoms with Crippen LogP contribution in [0.2, 0.25) is 0 Å². The summed E-state index contributed by atoms with van der Waals surface area (Å²) in [4.78, 5) is 23.2. The molecule has 1 saturated carbocycles. The van der Waals surface area contributed by atoms with E-state index in [0.717, 1.165) is 25.7 Å². The number of esters is 1. The van der Waals surface area contributed by atoms with Crippen LogP contribution in [0.15, 0.2) is 0 Å². The van der Waals surface area contributed by atoms with Gasteiger partial charge < -0.3 is 10.1 Å². The van der Waals surface area contributed by atoms with Gasteiger partial charge in [0.15, 0.2) is 0 Å². The second-order valence-corrected chi connectivity index (χ2v) is 5.21. The predicted octanol–water partition coefficient (Wildman–Crippen LogP) is 1.88. The van der Waals surface area contributed by atoms with E-state index >= 15 is 0 Å². The summed E-state index contributed by atoms with van der Waals surface area (Å²) in [6.45, 7) is 6.26. The third-order valence-corrected chi connectivity index (χ3v) is 3.13. The van der Waals surface area contributed by atoms with E-state index in [-0.39, 0.29) is 17.8 Å². The second kappa shape index (κ2) is 6.62. The molecule has 4 heteroatoms. The normalized spacial score (nSPS) is 17.4. The van der Waals surface area contributed by atoms with E-state index in [1.54, 1.807) is 6.92 Å². The second-order valence-electron chi connectivity index (χ2n) is 5.21. The molecule has 1 N–H and O–H groups in total. The van der Waals surface area contributed by atoms with Crippen molar-refractivity contribution in [1.82, 2.24) is 5.32 Å². The summed E-state index contributed by atoms with van der Waals surface area (Å²) in [5, 5.41) is 2.71. The van der Waals surface area contributed by atoms with Crippen LogP contribution in [0.3, 0.4) is 0 Å². The van der Waals surface area contributed by atoms with Crippen LogP contribution in [0.5, 0.6) is 0 Å². The Morgan fingerprint density at radius 3 is 2.41 bits per heavy atom. The van der Waals surface area contributed by atoms with Gasteiger partial charge in [-0.15, -0.1) is 0 Å². The smallest absolute Gasteiger partial charge is 0.328 e. The maximum absolute atomic E-state index is 11.6. The van der Waals surface area contributed by atoms with Crippen molar-refractivity contribution in [3.05, 3.63) is 0 Å². The fraction of sp³-hybridized carbons (Fsp3) is 0.846. The van der Waals surface area contributed by atoms with Gasteiger partial charge in [0.2, 0.25) is 5.91 Å². The van der Waals surface area contributed by atoms with Gasteiger partial charge in [0, 0.05) is 5.92 Å². The molecule has 4 nitrogen and oxygen atoms in total. The van der Waals surface area contributed by atoms with E-state index in [2.05, 4.69) is 19.2 Å². The number of amides is 1. The minimum Gasteiger partial charge on any atom is -0.464 e. The topological polar surface area (TPSA) is 55.4 Å². The van der Waals surface area contributed by atoms with Crippen LogP contribution in [0.1, 0.15) is 46.5 Å². The number of carbonyl (C=O) groups is 2. The van der Waals surface area contributed by atoms with Gasteiger partial charge in [-0.3, -0.25) is 4.79 Å². The summed E-state index contributed by atoms with van der Waals surface area (Å²) in [7, 11) is 0. The van der Waals surface area contributed by atoms with Crippen molar-refractivity contribution < 1.29 is 14.3 Å². The van der Waals surface area contributed by atoms with Gasteiger partial charge in [0.25, 0.3) is 0 Å². The third kappa shape index (κ3) is 4.75. The number of hydrogen-bond donors (Lipinski definition) is 1. The molecule has 0 heterocycles. The molecule has 0 bridgehead atoms. The first-order chi connectivity index (χ1) is 8.00. The van der Waals surface area contributed by atoms with Crippen molar-refractivity contribution >= 4 is 11.9 Å². The molecule has 1 rings (SSSR count). The van der Waals surface area contributed by atoms with Gasteiger partial charge in [-0.25, -0.2) is 4.79 Å². The third-order valence-electron chi connectivity index (χ3n) is 3.13. The number of hydrogen-bond acceptors (Lipinski definition) is 3. The summed E-state index contributed by atoms with van der Waals surface area (Å²) < 4.78 is 5.09. The van der Waals surface area contributed by atoms with Crippen molar-refractivity contribution in [1.29, 1.82) is 0 Å². The molecule has 1 aliphatic carbocycles. The Balaban J connectivity index is 2.19. The van der Waals surface area contributed by atoms with Gasteiger partial charge >= 0.3 is 5.97 Å². The highest BCUT2D eigenvalue weighted by molar-refractivity contribution is 5.85. The predicted molar refractivity (Wildman–Crippen MR) is 65.4 cm³/mol. The average molecular weight is 241 g/mol. The van der Waals surface area contributed by atoms with Crippen LogP contribution in [0.25, 0.3) is 0 Å². The quantitative estimate of drug-likeness (QED) is 0.722. The zero-order chi connectivity index (χ0) is 12.8. The zero-order valence-electron chi connectivity index (χ0n) is 11.0. The molecule has 98 valence electrons. The van der Waals surface area contributed by atoms with Gasteiger partial charge in [-0.05, 0) is 32.1 Å². The monoisotopic (exact) mass is 241 g/mol. The van der Waals surface area contributed by atoms with Crippen LogP contribution in [-0.4, -0.2) is 24.5 Å². The lowest BCUT2D eigenvalue weighted by atomic mass is 9.84. The summed E-state index contributed by atoms with van der Waals surface area (Å²) in [6, 6.07) is -0.532. The molecule has 1 aliphatic rings. The first-order valence-corrected chi connectivity index (χ1v) is 6.47. The van der Waals surface area contributed by atoms with E-state index in [1.165, 1.54) is 0 Å². The molecule has 0 aromatic rings. The van der Waals surface area contributed by atoms with E-state index in [9.17, 15) is 9.59 Å². The highest BCUT2D eigenvalue weighted by Crippen LogP contribution is 2.26. The van der Waals surface area contributed by atoms with E-state index in [4.69, 9.17) is 4.74 Å². The largest absolute Gasteiger partial charge is 0.464 e. The lowest BCUT2D eigenvalue weighted by Crippen LogP contribution is -2.44. The van der Waals surface area contributed by atoms with Gasteiger partial charge in [0.1, 0.15) is 6.04 Å². The highest BCUT2D eigenvalue weighted by Gasteiger charge is 2.27. The Labute approximate surface area is 103 Å². The van der Waals surface area contributed by atoms with Crippen molar-refractivity contribution in [2.75, 3.05) is 6.61 Å². The van der Waals surface area contributed by atoms with Crippen molar-refractivity contribution in [2.45, 2.75) is 52.5 Å². The molecule has 0 spiro atoms. The number of nitrogens with one attached hydrogen (secondary N) is 1. The highest BCUT2D eigenvalue weighted by atomic mass is 16.5. The summed E-state index contributed by atoms with van der Waals surface area (Å²) >= 11 is 0. The average Bonchev–Trinajstić information content (AvgIpc) is 2.13. The number of ether oxygens (including phenoxy) is 1. The van der Waals surface area contributed by atoms with Crippen LogP contribution >= 0.6 is 0 Å². The maximum Gasteiger partial charge on any atom is 0.328 e. The molecular weight excluding hydrogens is 218 g/mol. The molecule has 1 atom stereocenters. The van der Waals surface area contributed by atoms with Gasteiger partial charge in [-0.1, -0.05) is 20.3 Å². The minimum absolute atomic E-state index is 0.00967. The fourth-order valence-corrected chi connectivity index (χ4v) is 1.58. The van der Waals surface area contributed by atoms with Gasteiger partial charge in [-0.2, -0.15) is 0 Å². The van der Waals surface area contributed by atoms with Crippen LogP contribution in [0, 0.1) is 11.8 Å². The molecule has 0 aromatic carbocycles. The molecule has 17 heavy (non-hydrogen) atoms. The standard InChI is InChI=1S/C13H23NO3/c1-9(2)7-8-17-13(16)10(3)14-12(15)11-5-4-6-11/h9-11H,4-8H2,1-3H3,(H,14,15). The Morgan fingerprint density at radius 2 is 1.94 bits per heavy atom. The lowest BCUT2D eigenvalue weighted by molar-refractivity contribution is -0.148. The summed E-state index contributed by atoms with van der Waals surface area (Å²) in [5.74, 6) is 0.284. The Bertz CT molecular complexity index is 272. The van der Waals surface area contributed by atoms with Crippen LogP contribution in [0.4, 0.5) is 0 Å². The lowest BCUT2D eigenvalue weighted by Gasteiger charge is -2.25. The molecule has 1 amide bonds. The van der Waals surface area contributed by atoms with E-state index in [1.807, 2.05) is 0 Å². The number of carbonyl (C=O) groups excluding carboxylic acids is 2. The SMILES string of the molecule is CC(C)CCOC(=O)C(C)NC(=O)C1CCC1. The summed E-state index contributed by atoms with van der Waals surface area (Å²) in [6.07, 6.45) is 3.86. The maximum atomic E-state index is 11.6. The molecule has 0 aliphatic heterocycles. The first kappa shape index (κ1) is 14.0. The molecular formula is C13H23NO3. The zero-order valence-corrected chi connectivity index (χ0v) is 11.0.